The molecule has 0 unspecified atom stereocenters. The van der Waals surface area contributed by atoms with E-state index in [9.17, 15) is 9.59 Å². The Morgan fingerprint density at radius 3 is 2.20 bits per heavy atom. The summed E-state index contributed by atoms with van der Waals surface area (Å²) in [6.07, 6.45) is 5.92. The molecule has 7 rings (SSSR count). The normalized spacial score (nSPS) is 16.5. The van der Waals surface area contributed by atoms with Crippen LogP contribution in [0, 0.1) is 6.92 Å². The number of ketones is 1. The molecule has 0 aromatic heterocycles. The van der Waals surface area contributed by atoms with Gasteiger partial charge >= 0.3 is 0 Å². The number of methoxy groups -OCH3 is 1. The topological polar surface area (TPSA) is 77.4 Å². The van der Waals surface area contributed by atoms with Crippen LogP contribution in [-0.2, 0) is 0 Å². The summed E-state index contributed by atoms with van der Waals surface area (Å²) in [5, 5.41) is 0. The number of hydrogen-bond donors (Lipinski definition) is 0. The second-order valence-corrected chi connectivity index (χ2v) is 11.2. The van der Waals surface area contributed by atoms with Gasteiger partial charge in [-0.05, 0) is 71.9 Å². The van der Waals surface area contributed by atoms with Crippen molar-refractivity contribution in [3.63, 3.8) is 0 Å². The molecular formula is C37H32N2O5. The molecule has 7 nitrogen and oxygen atoms in total. The highest BCUT2D eigenvalue weighted by molar-refractivity contribution is 6.20. The maximum atomic E-state index is 13.2. The highest BCUT2D eigenvalue weighted by Gasteiger charge is 2.32. The van der Waals surface area contributed by atoms with Gasteiger partial charge in [-0.25, -0.2) is 0 Å². The fraction of sp³-hybridized carbons (Fsp3) is 0.216. The average molecular weight is 585 g/mol. The fourth-order valence-electron chi connectivity index (χ4n) is 6.28. The molecule has 1 amide bonds. The van der Waals surface area contributed by atoms with E-state index in [4.69, 9.17) is 14.2 Å². The minimum absolute atomic E-state index is 0.0340. The van der Waals surface area contributed by atoms with E-state index in [1.165, 1.54) is 0 Å². The first-order valence-electron chi connectivity index (χ1n) is 14.9. The maximum absolute atomic E-state index is 13.2. The van der Waals surface area contributed by atoms with Crippen molar-refractivity contribution in [3.05, 3.63) is 118 Å². The molecule has 0 spiro atoms. The number of hydrogen-bond acceptors (Lipinski definition) is 6. The number of amides is 1. The van der Waals surface area contributed by atoms with Crippen LogP contribution in [0.3, 0.4) is 0 Å². The van der Waals surface area contributed by atoms with Gasteiger partial charge in [0.15, 0.2) is 17.3 Å². The van der Waals surface area contributed by atoms with Gasteiger partial charge in [0.05, 0.1) is 24.4 Å². The first-order chi connectivity index (χ1) is 21.5. The fourth-order valence-corrected chi connectivity index (χ4v) is 6.28. The van der Waals surface area contributed by atoms with Gasteiger partial charge in [0.1, 0.15) is 19.0 Å². The number of benzene rings is 4. The Hall–Kier alpha value is -5.17. The largest absolute Gasteiger partial charge is 0.493 e. The molecule has 1 fully saturated rings. The van der Waals surface area contributed by atoms with Crippen molar-refractivity contribution in [1.82, 2.24) is 4.90 Å². The van der Waals surface area contributed by atoms with E-state index in [2.05, 4.69) is 11.1 Å². The standard InChI is InChI=1S/C37H32N2O5/c1-23-18-31-32(38-22-25-8-7-15-39(25)37(31)41)21-34(23)43-16-17-44-35-20-24(13-14-33(35)42-2)19-30-26-9-3-5-11-28(26)36(40)29-12-6-4-10-27(29)30/h3-6,9-14,18-22,25H,7-8,15-17H2,1-2H3/t25-/m0/s1. The zero-order valence-corrected chi connectivity index (χ0v) is 24.7. The van der Waals surface area contributed by atoms with Crippen molar-refractivity contribution in [2.45, 2.75) is 25.8 Å². The molecular weight excluding hydrogens is 552 g/mol. The van der Waals surface area contributed by atoms with Crippen LogP contribution in [0.2, 0.25) is 0 Å². The molecule has 2 aliphatic heterocycles. The third kappa shape index (κ3) is 4.94. The molecule has 0 saturated carbocycles. The van der Waals surface area contributed by atoms with Gasteiger partial charge in [0.2, 0.25) is 0 Å². The molecule has 0 bridgehead atoms. The molecule has 4 aromatic rings. The van der Waals surface area contributed by atoms with Crippen LogP contribution >= 0.6 is 0 Å². The molecule has 1 saturated heterocycles. The van der Waals surface area contributed by atoms with Gasteiger partial charge < -0.3 is 19.1 Å². The summed E-state index contributed by atoms with van der Waals surface area (Å²) < 4.78 is 17.8. The second-order valence-electron chi connectivity index (χ2n) is 11.2. The number of nitrogens with zero attached hydrogens (tertiary/aromatic N) is 2. The van der Waals surface area contributed by atoms with Crippen molar-refractivity contribution in [3.8, 4) is 17.2 Å². The zero-order chi connectivity index (χ0) is 30.2. The lowest BCUT2D eigenvalue weighted by atomic mass is 9.81. The lowest BCUT2D eigenvalue weighted by molar-refractivity contribution is 0.0774. The Morgan fingerprint density at radius 2 is 1.50 bits per heavy atom. The third-order valence-electron chi connectivity index (χ3n) is 8.49. The molecule has 0 radical (unpaired) electrons. The van der Waals surface area contributed by atoms with Gasteiger partial charge in [-0.15, -0.1) is 0 Å². The van der Waals surface area contributed by atoms with Crippen molar-refractivity contribution in [2.24, 2.45) is 4.99 Å². The SMILES string of the molecule is COc1ccc(C=C2c3ccccc3C(=O)c3ccccc32)cc1OCCOc1cc2c(cc1C)C(=O)N1CCC[C@H]1C=N2. The van der Waals surface area contributed by atoms with Gasteiger partial charge in [-0.1, -0.05) is 54.6 Å². The monoisotopic (exact) mass is 584 g/mol. The Balaban J connectivity index is 1.10. The number of carbonyl (C=O) groups excluding carboxylic acids is 2. The summed E-state index contributed by atoms with van der Waals surface area (Å²) in [6, 6.07) is 25.0. The van der Waals surface area contributed by atoms with E-state index in [0.717, 1.165) is 47.2 Å². The first-order valence-corrected chi connectivity index (χ1v) is 14.9. The molecule has 3 aliphatic rings. The van der Waals surface area contributed by atoms with Crippen molar-refractivity contribution in [1.29, 1.82) is 0 Å². The second kappa shape index (κ2) is 11.5. The highest BCUT2D eigenvalue weighted by Crippen LogP contribution is 2.38. The molecule has 7 heteroatoms. The van der Waals surface area contributed by atoms with E-state index in [0.29, 0.717) is 46.2 Å². The van der Waals surface area contributed by atoms with Gasteiger partial charge in [0, 0.05) is 30.0 Å². The Bertz CT molecular complexity index is 1810. The van der Waals surface area contributed by atoms with Gasteiger partial charge in [0.25, 0.3) is 5.91 Å². The number of aliphatic imine (C=N–C) groups is 1. The minimum atomic E-state index is 0.0340. The third-order valence-corrected chi connectivity index (χ3v) is 8.49. The van der Waals surface area contributed by atoms with Crippen LogP contribution in [0.25, 0.3) is 11.6 Å². The predicted molar refractivity (Wildman–Crippen MR) is 171 cm³/mol. The molecule has 220 valence electrons. The van der Waals surface area contributed by atoms with Crippen molar-refractivity contribution >= 4 is 35.2 Å². The van der Waals surface area contributed by atoms with E-state index in [1.54, 1.807) is 7.11 Å². The van der Waals surface area contributed by atoms with Crippen molar-refractivity contribution in [2.75, 3.05) is 26.9 Å². The molecule has 44 heavy (non-hydrogen) atoms. The maximum Gasteiger partial charge on any atom is 0.256 e. The number of ether oxygens (including phenoxy) is 3. The number of aryl methyl sites for hydroxylation is 1. The summed E-state index contributed by atoms with van der Waals surface area (Å²) >= 11 is 0. The van der Waals surface area contributed by atoms with Crippen LogP contribution in [0.15, 0.2) is 83.9 Å². The average Bonchev–Trinajstić information content (AvgIpc) is 3.49. The summed E-state index contributed by atoms with van der Waals surface area (Å²) in [5.74, 6) is 1.95. The summed E-state index contributed by atoms with van der Waals surface area (Å²) in [4.78, 5) is 32.8. The number of fused-ring (bicyclic) bond motifs is 4. The highest BCUT2D eigenvalue weighted by atomic mass is 16.5. The summed E-state index contributed by atoms with van der Waals surface area (Å²) in [6.45, 7) is 3.29. The molecule has 2 heterocycles. The number of carbonyl (C=O) groups is 2. The van der Waals surface area contributed by atoms with E-state index in [-0.39, 0.29) is 24.3 Å². The van der Waals surface area contributed by atoms with Crippen LogP contribution in [0.1, 0.15) is 61.4 Å². The van der Waals surface area contributed by atoms with Crippen LogP contribution in [0.4, 0.5) is 5.69 Å². The molecule has 1 aliphatic carbocycles. The molecule has 4 aromatic carbocycles. The van der Waals surface area contributed by atoms with Gasteiger partial charge in [-0.3, -0.25) is 14.6 Å². The van der Waals surface area contributed by atoms with Crippen molar-refractivity contribution < 1.29 is 23.8 Å². The number of rotatable bonds is 7. The Labute approximate surface area is 256 Å². The molecule has 0 N–H and O–H groups in total. The quantitative estimate of drug-likeness (QED) is 0.194. The smallest absolute Gasteiger partial charge is 0.256 e. The first kappa shape index (κ1) is 27.7. The lowest BCUT2D eigenvalue weighted by Gasteiger charge is -2.21. The van der Waals surface area contributed by atoms with Crippen LogP contribution < -0.4 is 14.2 Å². The van der Waals surface area contributed by atoms with Crippen LogP contribution in [-0.4, -0.2) is 55.7 Å². The minimum Gasteiger partial charge on any atom is -0.493 e. The van der Waals surface area contributed by atoms with Crippen LogP contribution in [0.5, 0.6) is 17.2 Å². The van der Waals surface area contributed by atoms with Gasteiger partial charge in [-0.2, -0.15) is 0 Å². The zero-order valence-electron chi connectivity index (χ0n) is 24.7. The molecule has 1 atom stereocenters. The lowest BCUT2D eigenvalue weighted by Crippen LogP contribution is -2.35. The Morgan fingerprint density at radius 1 is 0.818 bits per heavy atom. The van der Waals surface area contributed by atoms with E-state index in [1.807, 2.05) is 96.9 Å². The van der Waals surface area contributed by atoms with E-state index >= 15 is 0 Å². The van der Waals surface area contributed by atoms with E-state index < -0.39 is 0 Å². The predicted octanol–water partition coefficient (Wildman–Crippen LogP) is 6.92. The summed E-state index contributed by atoms with van der Waals surface area (Å²) in [7, 11) is 1.61. The summed E-state index contributed by atoms with van der Waals surface area (Å²) in [5.41, 5.74) is 7.25. The Kier molecular flexibility index (Phi) is 7.22.